The van der Waals surface area contributed by atoms with Crippen molar-refractivity contribution < 1.29 is 55.0 Å². The van der Waals surface area contributed by atoms with Gasteiger partial charge >= 0.3 is 12.4 Å². The number of phenolic OH excluding ortho intramolecular Hbond substituents is 1. The molecule has 2 aliphatic heterocycles. The summed E-state index contributed by atoms with van der Waals surface area (Å²) in [4.78, 5) is 53.3. The molecule has 4 aliphatic rings. The fourth-order valence-corrected chi connectivity index (χ4v) is 9.19. The molecule has 3 aromatic rings. The number of benzene rings is 3. The standard InChI is InChI=1S/C36H25Cl2F7N2O5/c1-15-9-17(10-16(2)28(15)48)27-23-7-8-24-26(30(50)46(29(24)49)22-12-18(35(40,41)42)11-19(13-22)36(43,44)45)25(23)14-33(37)31(51)47(32(52)34(27,33)38)21-5-3-20(39)4-6-21/h3-7,9-13,24-27,48H,8,14H2,1-2H3/t24-,25+,26-,27-,33+,34-/m0/s1. The molecule has 2 aliphatic carbocycles. The second-order valence-electron chi connectivity index (χ2n) is 13.5. The van der Waals surface area contributed by atoms with Gasteiger partial charge in [-0.2, -0.15) is 26.3 Å². The van der Waals surface area contributed by atoms with E-state index >= 15 is 0 Å². The molecule has 2 saturated heterocycles. The van der Waals surface area contributed by atoms with Gasteiger partial charge in [0, 0.05) is 5.92 Å². The predicted octanol–water partition coefficient (Wildman–Crippen LogP) is 7.95. The first-order chi connectivity index (χ1) is 24.1. The van der Waals surface area contributed by atoms with Crippen LogP contribution < -0.4 is 9.80 Å². The van der Waals surface area contributed by atoms with Crippen LogP contribution in [0.25, 0.3) is 0 Å². The van der Waals surface area contributed by atoms with Crippen molar-refractivity contribution in [2.24, 2.45) is 17.8 Å². The minimum absolute atomic E-state index is 0.0687. The van der Waals surface area contributed by atoms with Gasteiger partial charge in [-0.25, -0.2) is 14.2 Å². The first-order valence-electron chi connectivity index (χ1n) is 15.8. The van der Waals surface area contributed by atoms with Crippen molar-refractivity contribution in [3.63, 3.8) is 0 Å². The minimum Gasteiger partial charge on any atom is -0.507 e. The van der Waals surface area contributed by atoms with Crippen LogP contribution in [0.4, 0.5) is 42.1 Å². The third-order valence-electron chi connectivity index (χ3n) is 10.6. The van der Waals surface area contributed by atoms with Crippen LogP contribution in [-0.4, -0.2) is 38.5 Å². The largest absolute Gasteiger partial charge is 0.507 e. The molecule has 0 bridgehead atoms. The molecule has 0 radical (unpaired) electrons. The molecular formula is C36H25Cl2F7N2O5. The topological polar surface area (TPSA) is 95.0 Å². The third-order valence-corrected chi connectivity index (χ3v) is 12.0. The zero-order chi connectivity index (χ0) is 38.0. The SMILES string of the molecule is Cc1cc([C@H]2C3=CC[C@@H]4C(=O)N(c5cc(C(F)(F)F)cc(C(F)(F)F)c5)C(=O)[C@@H]4[C@@H]3C[C@@]3(Cl)C(=O)N(c4ccc(F)cc4)C(=O)[C@@]23Cl)cc(C)c1O. The second kappa shape index (κ2) is 11.5. The Balaban J connectivity index is 1.40. The van der Waals surface area contributed by atoms with Crippen LogP contribution in [0.2, 0.25) is 0 Å². The number of carbonyl (C=O) groups is 4. The number of hydrogen-bond donors (Lipinski definition) is 1. The van der Waals surface area contributed by atoms with E-state index in [4.69, 9.17) is 23.2 Å². The molecule has 1 saturated carbocycles. The Bertz CT molecular complexity index is 2080. The molecule has 4 amide bonds. The highest BCUT2D eigenvalue weighted by Crippen LogP contribution is 2.66. The second-order valence-corrected chi connectivity index (χ2v) is 14.8. The van der Waals surface area contributed by atoms with Gasteiger partial charge in [-0.3, -0.25) is 19.2 Å². The van der Waals surface area contributed by atoms with E-state index in [0.717, 1.165) is 24.3 Å². The quantitative estimate of drug-likeness (QED) is 0.126. The van der Waals surface area contributed by atoms with Gasteiger partial charge in [0.15, 0.2) is 9.75 Å². The lowest BCUT2D eigenvalue weighted by Crippen LogP contribution is -2.60. The predicted molar refractivity (Wildman–Crippen MR) is 173 cm³/mol. The number of nitrogens with zero attached hydrogens (tertiary/aromatic N) is 2. The van der Waals surface area contributed by atoms with E-state index in [0.29, 0.717) is 32.1 Å². The number of alkyl halides is 8. The number of aromatic hydroxyl groups is 1. The Morgan fingerprint density at radius 2 is 1.31 bits per heavy atom. The Morgan fingerprint density at radius 1 is 0.750 bits per heavy atom. The first kappa shape index (κ1) is 36.0. The van der Waals surface area contributed by atoms with Crippen molar-refractivity contribution in [2.45, 2.75) is 54.7 Å². The first-order valence-corrected chi connectivity index (χ1v) is 16.6. The molecular weight excluding hydrogens is 744 g/mol. The van der Waals surface area contributed by atoms with E-state index in [1.807, 2.05) is 0 Å². The van der Waals surface area contributed by atoms with E-state index < -0.39 is 98.5 Å². The van der Waals surface area contributed by atoms with Crippen LogP contribution in [0.5, 0.6) is 5.75 Å². The Hall–Kier alpha value is -4.43. The van der Waals surface area contributed by atoms with Crippen LogP contribution in [0.15, 0.2) is 66.2 Å². The average Bonchev–Trinajstić information content (AvgIpc) is 3.40. The molecule has 272 valence electrons. The van der Waals surface area contributed by atoms with Gasteiger partial charge in [0.25, 0.3) is 11.8 Å². The summed E-state index contributed by atoms with van der Waals surface area (Å²) in [6.07, 6.45) is -9.75. The monoisotopic (exact) mass is 768 g/mol. The van der Waals surface area contributed by atoms with Gasteiger partial charge in [0.2, 0.25) is 11.8 Å². The number of aryl methyl sites for hydroxylation is 2. The van der Waals surface area contributed by atoms with Gasteiger partial charge in [-0.15, -0.1) is 23.2 Å². The minimum atomic E-state index is -5.26. The number of rotatable bonds is 3. The Morgan fingerprint density at radius 3 is 1.85 bits per heavy atom. The zero-order valence-electron chi connectivity index (χ0n) is 26.9. The maximum absolute atomic E-state index is 14.5. The van der Waals surface area contributed by atoms with Crippen molar-refractivity contribution in [2.75, 3.05) is 9.80 Å². The Labute approximate surface area is 300 Å². The van der Waals surface area contributed by atoms with Gasteiger partial charge in [0.1, 0.15) is 11.6 Å². The van der Waals surface area contributed by atoms with Crippen molar-refractivity contribution in [1.82, 2.24) is 0 Å². The Kier molecular flexibility index (Phi) is 7.97. The highest BCUT2D eigenvalue weighted by atomic mass is 35.5. The summed E-state index contributed by atoms with van der Waals surface area (Å²) >= 11 is 14.6. The van der Waals surface area contributed by atoms with Gasteiger partial charge < -0.3 is 5.11 Å². The third kappa shape index (κ3) is 5.00. The number of allylic oxidation sites excluding steroid dienone is 2. The number of fused-ring (bicyclic) bond motifs is 4. The molecule has 3 aromatic carbocycles. The summed E-state index contributed by atoms with van der Waals surface area (Å²) in [5.74, 6) is -10.1. The molecule has 2 heterocycles. The lowest BCUT2D eigenvalue weighted by Gasteiger charge is -2.50. The summed E-state index contributed by atoms with van der Waals surface area (Å²) in [7, 11) is 0. The highest BCUT2D eigenvalue weighted by Gasteiger charge is 2.76. The molecule has 7 rings (SSSR count). The maximum Gasteiger partial charge on any atom is 0.416 e. The summed E-state index contributed by atoms with van der Waals surface area (Å²) < 4.78 is 96.5. The summed E-state index contributed by atoms with van der Waals surface area (Å²) in [6, 6.07) is 7.81. The van der Waals surface area contributed by atoms with Gasteiger partial charge in [0.05, 0.1) is 34.3 Å². The molecule has 6 atom stereocenters. The number of anilines is 2. The van der Waals surface area contributed by atoms with Crippen molar-refractivity contribution in [1.29, 1.82) is 0 Å². The van der Waals surface area contributed by atoms with E-state index in [2.05, 4.69) is 0 Å². The maximum atomic E-state index is 14.5. The van der Waals surface area contributed by atoms with E-state index in [1.54, 1.807) is 13.8 Å². The van der Waals surface area contributed by atoms with Gasteiger partial charge in [-0.1, -0.05) is 23.8 Å². The number of amides is 4. The normalized spacial score (nSPS) is 28.9. The smallest absolute Gasteiger partial charge is 0.416 e. The zero-order valence-corrected chi connectivity index (χ0v) is 28.4. The van der Waals surface area contributed by atoms with Crippen molar-refractivity contribution >= 4 is 58.2 Å². The fourth-order valence-electron chi connectivity index (χ4n) is 8.25. The molecule has 0 unspecified atom stereocenters. The van der Waals surface area contributed by atoms with Crippen molar-refractivity contribution in [3.8, 4) is 5.75 Å². The number of imide groups is 2. The number of carbonyl (C=O) groups excluding carboxylic acids is 4. The number of hydrogen-bond acceptors (Lipinski definition) is 5. The molecule has 0 aromatic heterocycles. The van der Waals surface area contributed by atoms with E-state index in [-0.39, 0.29) is 36.1 Å². The number of phenols is 1. The lowest BCUT2D eigenvalue weighted by atomic mass is 9.56. The van der Waals surface area contributed by atoms with Crippen LogP contribution in [0.1, 0.15) is 46.6 Å². The summed E-state index contributed by atoms with van der Waals surface area (Å²) in [5, 5.41) is 10.6. The highest BCUT2D eigenvalue weighted by molar-refractivity contribution is 6.58. The van der Waals surface area contributed by atoms with E-state index in [1.165, 1.54) is 18.2 Å². The van der Waals surface area contributed by atoms with E-state index in [9.17, 15) is 55.0 Å². The number of halogens is 9. The fraction of sp³-hybridized carbons (Fsp3) is 0.333. The van der Waals surface area contributed by atoms with Crippen LogP contribution in [-0.2, 0) is 31.5 Å². The van der Waals surface area contributed by atoms with Crippen LogP contribution >= 0.6 is 23.2 Å². The molecule has 52 heavy (non-hydrogen) atoms. The lowest BCUT2D eigenvalue weighted by molar-refractivity contribution is -0.143. The average molecular weight is 769 g/mol. The van der Waals surface area contributed by atoms with Gasteiger partial charge in [-0.05, 0) is 91.8 Å². The summed E-state index contributed by atoms with van der Waals surface area (Å²) in [5.41, 5.74) is -3.18. The van der Waals surface area contributed by atoms with Crippen LogP contribution in [0.3, 0.4) is 0 Å². The molecule has 7 nitrogen and oxygen atoms in total. The molecule has 3 fully saturated rings. The van der Waals surface area contributed by atoms with Crippen LogP contribution in [0, 0.1) is 37.4 Å². The molecule has 16 heteroatoms. The van der Waals surface area contributed by atoms with Crippen molar-refractivity contribution in [3.05, 3.63) is 99.9 Å². The molecule has 1 N–H and O–H groups in total. The summed E-state index contributed by atoms with van der Waals surface area (Å²) in [6.45, 7) is 3.14. The molecule has 0 spiro atoms.